The van der Waals surface area contributed by atoms with E-state index in [1.54, 1.807) is 0 Å². The van der Waals surface area contributed by atoms with Gasteiger partial charge in [0, 0.05) is 27.8 Å². The minimum Gasteiger partial charge on any atom is -0.356 e. The molecule has 8 aromatic rings. The summed E-state index contributed by atoms with van der Waals surface area (Å²) < 4.78 is 16.3. The third kappa shape index (κ3) is 5.04. The van der Waals surface area contributed by atoms with Gasteiger partial charge in [-0.2, -0.15) is 0 Å². The van der Waals surface area contributed by atoms with Gasteiger partial charge in [0.25, 0.3) is 0 Å². The van der Waals surface area contributed by atoms with Gasteiger partial charge < -0.3 is 9.88 Å². The van der Waals surface area contributed by atoms with Crippen LogP contribution in [0.25, 0.3) is 27.5 Å². The fourth-order valence-corrected chi connectivity index (χ4v) is 11.8. The number of anilines is 2. The van der Waals surface area contributed by atoms with E-state index in [2.05, 4.69) is 168 Å². The minimum atomic E-state index is -2.74. The van der Waals surface area contributed by atoms with Gasteiger partial charge in [0.15, 0.2) is 8.07 Å². The molecule has 0 aliphatic heterocycles. The van der Waals surface area contributed by atoms with Crippen molar-refractivity contribution in [1.29, 1.82) is 0 Å². The number of benzene rings is 7. The second kappa shape index (κ2) is 11.9. The van der Waals surface area contributed by atoms with Crippen LogP contribution in [0.2, 0.25) is 0 Å². The number of aryl methyl sites for hydroxylation is 1. The van der Waals surface area contributed by atoms with Crippen molar-refractivity contribution in [2.45, 2.75) is 6.92 Å². The maximum absolute atomic E-state index is 14.1. The zero-order valence-electron chi connectivity index (χ0n) is 26.1. The van der Waals surface area contributed by atoms with E-state index >= 15 is 0 Å². The van der Waals surface area contributed by atoms with Crippen LogP contribution in [0.3, 0.4) is 0 Å². The fourth-order valence-electron chi connectivity index (χ4n) is 7.07. The second-order valence-corrected chi connectivity index (χ2v) is 15.9. The molecule has 0 unspecified atom stereocenters. The zero-order chi connectivity index (χ0) is 31.8. The van der Waals surface area contributed by atoms with Gasteiger partial charge in [-0.25, -0.2) is 4.39 Å². The highest BCUT2D eigenvalue weighted by Gasteiger charge is 2.41. The maximum atomic E-state index is 14.1. The summed E-state index contributed by atoms with van der Waals surface area (Å²) in [5.41, 5.74) is 6.37. The Bertz CT molecular complexity index is 2220. The summed E-state index contributed by atoms with van der Waals surface area (Å²) in [4.78, 5) is 0. The molecule has 0 amide bonds. The molecule has 1 heterocycles. The Morgan fingerprint density at radius 1 is 0.468 bits per heavy atom. The SMILES string of the molecule is Cc1ccc(Nc2ccc3c(c2)c2cc([Si](c4ccccc4)(c4ccccc4)c4ccccc4)ccc2n3-c2ccc(F)cc2)cc1. The van der Waals surface area contributed by atoms with Crippen molar-refractivity contribution in [1.82, 2.24) is 4.57 Å². The van der Waals surface area contributed by atoms with Crippen LogP contribution >= 0.6 is 0 Å². The maximum Gasteiger partial charge on any atom is 0.179 e. The molecular weight excluding hydrogens is 592 g/mol. The van der Waals surface area contributed by atoms with Crippen LogP contribution in [0.1, 0.15) is 5.56 Å². The largest absolute Gasteiger partial charge is 0.356 e. The van der Waals surface area contributed by atoms with Gasteiger partial charge in [-0.1, -0.05) is 121 Å². The van der Waals surface area contributed by atoms with E-state index in [0.717, 1.165) is 38.9 Å². The monoisotopic (exact) mass is 624 g/mol. The molecule has 0 spiro atoms. The summed E-state index contributed by atoms with van der Waals surface area (Å²) in [5.74, 6) is -0.245. The van der Waals surface area contributed by atoms with E-state index in [9.17, 15) is 4.39 Å². The first-order valence-electron chi connectivity index (χ1n) is 16.0. The topological polar surface area (TPSA) is 17.0 Å². The van der Waals surface area contributed by atoms with E-state index in [1.807, 2.05) is 12.1 Å². The summed E-state index contributed by atoms with van der Waals surface area (Å²) in [5, 5.41) is 11.2. The van der Waals surface area contributed by atoms with Crippen molar-refractivity contribution in [3.63, 3.8) is 0 Å². The molecule has 4 heteroatoms. The Balaban J connectivity index is 1.43. The molecular formula is C43H33FN2Si. The average molecular weight is 625 g/mol. The molecule has 0 atom stereocenters. The van der Waals surface area contributed by atoms with E-state index in [0.29, 0.717) is 0 Å². The second-order valence-electron chi connectivity index (χ2n) is 12.1. The highest BCUT2D eigenvalue weighted by molar-refractivity contribution is 7.20. The number of hydrogen-bond donors (Lipinski definition) is 1. The van der Waals surface area contributed by atoms with Crippen molar-refractivity contribution in [3.8, 4) is 5.69 Å². The summed E-state index contributed by atoms with van der Waals surface area (Å²) in [6, 6.07) is 61.8. The highest BCUT2D eigenvalue weighted by Crippen LogP contribution is 2.34. The van der Waals surface area contributed by atoms with Crippen molar-refractivity contribution in [3.05, 3.63) is 187 Å². The quantitative estimate of drug-likeness (QED) is 0.139. The Morgan fingerprint density at radius 3 is 1.51 bits per heavy atom. The molecule has 1 N–H and O–H groups in total. The van der Waals surface area contributed by atoms with Crippen molar-refractivity contribution < 1.29 is 4.39 Å². The molecule has 0 radical (unpaired) electrons. The number of nitrogens with one attached hydrogen (secondary N) is 1. The average Bonchev–Trinajstić information content (AvgIpc) is 3.44. The molecule has 226 valence electrons. The lowest BCUT2D eigenvalue weighted by atomic mass is 10.1. The fraction of sp³-hybridized carbons (Fsp3) is 0.0233. The standard InChI is InChI=1S/C43H33FN2Si/c1-31-17-21-33(22-18-31)45-34-23-27-42-40(29-34)41-30-39(26-28-43(41)46(42)35-24-19-32(44)20-25-35)47(36-11-5-2-6-12-36,37-13-7-3-8-14-37)38-15-9-4-10-16-38/h2-30,45H,1H3. The van der Waals surface area contributed by atoms with Crippen LogP contribution in [0.4, 0.5) is 15.8 Å². The van der Waals surface area contributed by atoms with Crippen LogP contribution in [-0.4, -0.2) is 12.6 Å². The van der Waals surface area contributed by atoms with Gasteiger partial charge in [-0.3, -0.25) is 0 Å². The number of rotatable bonds is 7. The minimum absolute atomic E-state index is 0.245. The lowest BCUT2D eigenvalue weighted by Crippen LogP contribution is -2.74. The normalized spacial score (nSPS) is 11.6. The van der Waals surface area contributed by atoms with E-state index < -0.39 is 8.07 Å². The molecule has 0 aliphatic carbocycles. The van der Waals surface area contributed by atoms with Crippen LogP contribution in [0.15, 0.2) is 176 Å². The number of nitrogens with zero attached hydrogens (tertiary/aromatic N) is 1. The molecule has 0 fully saturated rings. The third-order valence-corrected chi connectivity index (χ3v) is 14.0. The van der Waals surface area contributed by atoms with E-state index in [1.165, 1.54) is 38.4 Å². The summed E-state index contributed by atoms with van der Waals surface area (Å²) in [6.45, 7) is 2.10. The highest BCUT2D eigenvalue weighted by atomic mass is 28.3. The first-order chi connectivity index (χ1) is 23.1. The molecule has 7 aromatic carbocycles. The van der Waals surface area contributed by atoms with Gasteiger partial charge in [0.05, 0.1) is 11.0 Å². The van der Waals surface area contributed by atoms with Gasteiger partial charge >= 0.3 is 0 Å². The number of hydrogen-bond acceptors (Lipinski definition) is 1. The Kier molecular flexibility index (Phi) is 7.28. The van der Waals surface area contributed by atoms with Crippen LogP contribution in [0, 0.1) is 12.7 Å². The van der Waals surface area contributed by atoms with Gasteiger partial charge in [-0.05, 0) is 88.3 Å². The van der Waals surface area contributed by atoms with Crippen LogP contribution in [0.5, 0.6) is 0 Å². The Morgan fingerprint density at radius 2 is 0.957 bits per heavy atom. The third-order valence-electron chi connectivity index (χ3n) is 9.24. The van der Waals surface area contributed by atoms with Crippen LogP contribution < -0.4 is 26.1 Å². The van der Waals surface area contributed by atoms with Gasteiger partial charge in [-0.15, -0.1) is 0 Å². The predicted molar refractivity (Wildman–Crippen MR) is 199 cm³/mol. The first kappa shape index (κ1) is 28.7. The van der Waals surface area contributed by atoms with E-state index in [-0.39, 0.29) is 5.82 Å². The molecule has 47 heavy (non-hydrogen) atoms. The van der Waals surface area contributed by atoms with E-state index in [4.69, 9.17) is 0 Å². The Hall–Kier alpha value is -5.71. The smallest absolute Gasteiger partial charge is 0.179 e. The first-order valence-corrected chi connectivity index (χ1v) is 18.0. The summed E-state index contributed by atoms with van der Waals surface area (Å²) >= 11 is 0. The van der Waals surface area contributed by atoms with Gasteiger partial charge in [0.2, 0.25) is 0 Å². The van der Waals surface area contributed by atoms with Crippen molar-refractivity contribution >= 4 is 62.0 Å². The zero-order valence-corrected chi connectivity index (χ0v) is 27.1. The number of aromatic nitrogens is 1. The van der Waals surface area contributed by atoms with Crippen molar-refractivity contribution in [2.75, 3.05) is 5.32 Å². The molecule has 0 bridgehead atoms. The molecule has 2 nitrogen and oxygen atoms in total. The molecule has 8 rings (SSSR count). The summed E-state index contributed by atoms with van der Waals surface area (Å²) in [6.07, 6.45) is 0. The Labute approximate surface area is 275 Å². The lowest BCUT2D eigenvalue weighted by Gasteiger charge is -2.34. The molecule has 0 saturated carbocycles. The summed E-state index contributed by atoms with van der Waals surface area (Å²) in [7, 11) is -2.74. The van der Waals surface area contributed by atoms with Crippen LogP contribution in [-0.2, 0) is 0 Å². The lowest BCUT2D eigenvalue weighted by molar-refractivity contribution is 0.627. The van der Waals surface area contributed by atoms with Gasteiger partial charge in [0.1, 0.15) is 5.82 Å². The number of halogens is 1. The predicted octanol–water partition coefficient (Wildman–Crippen LogP) is 8.35. The molecule has 0 saturated heterocycles. The van der Waals surface area contributed by atoms with Crippen molar-refractivity contribution in [2.24, 2.45) is 0 Å². The molecule has 0 aliphatic rings. The number of fused-ring (bicyclic) bond motifs is 3. The molecule has 1 aromatic heterocycles.